The molecule has 0 aliphatic heterocycles. The van der Waals surface area contributed by atoms with Crippen molar-refractivity contribution in [3.05, 3.63) is 91.2 Å². The van der Waals surface area contributed by atoms with Gasteiger partial charge in [0.25, 0.3) is 0 Å². The van der Waals surface area contributed by atoms with Crippen LogP contribution in [0.3, 0.4) is 0 Å². The fraction of sp³-hybridized carbons (Fsp3) is 0.0526. The van der Waals surface area contributed by atoms with E-state index < -0.39 is 0 Å². The predicted octanol–water partition coefficient (Wildman–Crippen LogP) is 4.86. The number of methoxy groups -OCH3 is 1. The highest BCUT2D eigenvalue weighted by molar-refractivity contribution is 5.77. The average Bonchev–Trinajstić information content (AvgIpc) is 2.56. The SMILES string of the molecule is C=C/C(Oc1ccc(OC)cc1)=C(\C=C)c1ccccc1. The Labute approximate surface area is 125 Å². The van der Waals surface area contributed by atoms with Crippen molar-refractivity contribution in [2.24, 2.45) is 0 Å². The fourth-order valence-electron chi connectivity index (χ4n) is 1.96. The van der Waals surface area contributed by atoms with Crippen molar-refractivity contribution >= 4 is 5.57 Å². The van der Waals surface area contributed by atoms with Gasteiger partial charge < -0.3 is 9.47 Å². The first-order valence-corrected chi connectivity index (χ1v) is 6.65. The lowest BCUT2D eigenvalue weighted by Crippen LogP contribution is -1.96. The summed E-state index contributed by atoms with van der Waals surface area (Å²) in [5.74, 6) is 2.18. The zero-order valence-corrected chi connectivity index (χ0v) is 12.1. The second kappa shape index (κ2) is 7.15. The van der Waals surface area contributed by atoms with Crippen LogP contribution in [0.2, 0.25) is 0 Å². The molecule has 2 rings (SSSR count). The molecule has 2 heteroatoms. The van der Waals surface area contributed by atoms with E-state index in [0.717, 1.165) is 22.6 Å². The number of benzene rings is 2. The van der Waals surface area contributed by atoms with Crippen molar-refractivity contribution in [3.8, 4) is 11.5 Å². The zero-order valence-electron chi connectivity index (χ0n) is 12.1. The van der Waals surface area contributed by atoms with Gasteiger partial charge in [-0.15, -0.1) is 0 Å². The molecule has 0 N–H and O–H groups in total. The normalized spacial score (nSPS) is 11.3. The van der Waals surface area contributed by atoms with Crippen molar-refractivity contribution in [2.75, 3.05) is 7.11 Å². The number of rotatable bonds is 6. The van der Waals surface area contributed by atoms with E-state index in [4.69, 9.17) is 9.47 Å². The molecule has 0 unspecified atom stereocenters. The van der Waals surface area contributed by atoms with Crippen molar-refractivity contribution in [1.29, 1.82) is 0 Å². The van der Waals surface area contributed by atoms with Gasteiger partial charge in [0.2, 0.25) is 0 Å². The van der Waals surface area contributed by atoms with Gasteiger partial charge in [-0.25, -0.2) is 0 Å². The third-order valence-corrected chi connectivity index (χ3v) is 3.03. The standard InChI is InChI=1S/C19H18O2/c1-4-18(15-9-7-6-8-10-15)19(5-2)21-17-13-11-16(20-3)12-14-17/h4-14H,1-2H2,3H3/b19-18-. The molecular weight excluding hydrogens is 260 g/mol. The van der Waals surface area contributed by atoms with E-state index in [1.54, 1.807) is 19.3 Å². The summed E-state index contributed by atoms with van der Waals surface area (Å²) in [6, 6.07) is 17.4. The van der Waals surface area contributed by atoms with E-state index in [0.29, 0.717) is 5.76 Å². The quantitative estimate of drug-likeness (QED) is 0.555. The summed E-state index contributed by atoms with van der Waals surface area (Å²) in [7, 11) is 1.64. The Morgan fingerprint density at radius 3 is 2.00 bits per heavy atom. The van der Waals surface area contributed by atoms with Gasteiger partial charge in [0, 0.05) is 5.57 Å². The van der Waals surface area contributed by atoms with E-state index in [1.165, 1.54) is 0 Å². The minimum absolute atomic E-state index is 0.668. The number of hydrogen-bond acceptors (Lipinski definition) is 2. The van der Waals surface area contributed by atoms with Crippen molar-refractivity contribution < 1.29 is 9.47 Å². The van der Waals surface area contributed by atoms with E-state index >= 15 is 0 Å². The second-order valence-corrected chi connectivity index (χ2v) is 4.33. The van der Waals surface area contributed by atoms with Crippen molar-refractivity contribution in [3.63, 3.8) is 0 Å². The smallest absolute Gasteiger partial charge is 0.134 e. The molecule has 2 aromatic rings. The Bertz CT molecular complexity index is 637. The number of allylic oxidation sites excluding steroid dienone is 3. The van der Waals surface area contributed by atoms with Gasteiger partial charge in [-0.1, -0.05) is 49.6 Å². The van der Waals surface area contributed by atoms with Crippen LogP contribution < -0.4 is 9.47 Å². The average molecular weight is 278 g/mol. The molecule has 0 saturated heterocycles. The molecule has 0 bridgehead atoms. The summed E-state index contributed by atoms with van der Waals surface area (Å²) in [6.07, 6.45) is 3.46. The third kappa shape index (κ3) is 3.63. The van der Waals surface area contributed by atoms with Crippen LogP contribution in [0.15, 0.2) is 85.7 Å². The highest BCUT2D eigenvalue weighted by atomic mass is 16.5. The molecule has 0 radical (unpaired) electrons. The summed E-state index contributed by atoms with van der Waals surface area (Å²) in [5, 5.41) is 0. The molecule has 0 saturated carbocycles. The second-order valence-electron chi connectivity index (χ2n) is 4.33. The monoisotopic (exact) mass is 278 g/mol. The predicted molar refractivity (Wildman–Crippen MR) is 87.4 cm³/mol. The largest absolute Gasteiger partial charge is 0.497 e. The Kier molecular flexibility index (Phi) is 4.99. The van der Waals surface area contributed by atoms with Crippen LogP contribution in [0.5, 0.6) is 11.5 Å². The molecule has 0 amide bonds. The van der Waals surface area contributed by atoms with Gasteiger partial charge in [0.15, 0.2) is 0 Å². The molecule has 0 aromatic heterocycles. The number of ether oxygens (including phenoxy) is 2. The highest BCUT2D eigenvalue weighted by Gasteiger charge is 2.06. The Balaban J connectivity index is 2.34. The lowest BCUT2D eigenvalue weighted by molar-refractivity contribution is 0.411. The molecule has 106 valence electrons. The zero-order chi connectivity index (χ0) is 15.1. The first kappa shape index (κ1) is 14.7. The maximum absolute atomic E-state index is 5.91. The van der Waals surface area contributed by atoms with Crippen LogP contribution in [-0.2, 0) is 0 Å². The summed E-state index contributed by atoms with van der Waals surface area (Å²) in [6.45, 7) is 7.70. The van der Waals surface area contributed by atoms with Crippen LogP contribution in [0.4, 0.5) is 0 Å². The molecule has 0 atom stereocenters. The minimum Gasteiger partial charge on any atom is -0.497 e. The summed E-state index contributed by atoms with van der Waals surface area (Å²) < 4.78 is 11.0. The maximum atomic E-state index is 5.91. The number of hydrogen-bond donors (Lipinski definition) is 0. The molecule has 0 fully saturated rings. The van der Waals surface area contributed by atoms with E-state index in [-0.39, 0.29) is 0 Å². The summed E-state index contributed by atoms with van der Waals surface area (Å²) >= 11 is 0. The summed E-state index contributed by atoms with van der Waals surface area (Å²) in [5.41, 5.74) is 1.94. The molecule has 0 heterocycles. The molecule has 2 nitrogen and oxygen atoms in total. The lowest BCUT2D eigenvalue weighted by atomic mass is 10.0. The lowest BCUT2D eigenvalue weighted by Gasteiger charge is -2.12. The first-order valence-electron chi connectivity index (χ1n) is 6.65. The third-order valence-electron chi connectivity index (χ3n) is 3.03. The molecule has 0 spiro atoms. The van der Waals surface area contributed by atoms with E-state index in [2.05, 4.69) is 13.2 Å². The topological polar surface area (TPSA) is 18.5 Å². The molecule has 2 aromatic carbocycles. The Morgan fingerprint density at radius 2 is 1.48 bits per heavy atom. The molecule has 21 heavy (non-hydrogen) atoms. The van der Waals surface area contributed by atoms with E-state index in [1.807, 2.05) is 54.6 Å². The molecular formula is C19H18O2. The van der Waals surface area contributed by atoms with E-state index in [9.17, 15) is 0 Å². The van der Waals surface area contributed by atoms with Gasteiger partial charge in [-0.3, -0.25) is 0 Å². The first-order chi connectivity index (χ1) is 10.3. The maximum Gasteiger partial charge on any atom is 0.134 e. The van der Waals surface area contributed by atoms with Gasteiger partial charge >= 0.3 is 0 Å². The minimum atomic E-state index is 0.668. The van der Waals surface area contributed by atoms with Gasteiger partial charge in [0.05, 0.1) is 7.11 Å². The van der Waals surface area contributed by atoms with Gasteiger partial charge in [-0.05, 0) is 35.9 Å². The van der Waals surface area contributed by atoms with Crippen LogP contribution in [0.25, 0.3) is 5.57 Å². The van der Waals surface area contributed by atoms with Crippen LogP contribution in [-0.4, -0.2) is 7.11 Å². The van der Waals surface area contributed by atoms with Crippen LogP contribution in [0, 0.1) is 0 Å². The Morgan fingerprint density at radius 1 is 0.857 bits per heavy atom. The fourth-order valence-corrected chi connectivity index (χ4v) is 1.96. The molecule has 0 aliphatic carbocycles. The van der Waals surface area contributed by atoms with Gasteiger partial charge in [-0.2, -0.15) is 0 Å². The van der Waals surface area contributed by atoms with Crippen molar-refractivity contribution in [1.82, 2.24) is 0 Å². The Hall–Kier alpha value is -2.74. The molecule has 0 aliphatic rings. The van der Waals surface area contributed by atoms with Crippen molar-refractivity contribution in [2.45, 2.75) is 0 Å². The van der Waals surface area contributed by atoms with Crippen LogP contribution in [0.1, 0.15) is 5.56 Å². The van der Waals surface area contributed by atoms with Gasteiger partial charge in [0.1, 0.15) is 17.3 Å². The highest BCUT2D eigenvalue weighted by Crippen LogP contribution is 2.25. The van der Waals surface area contributed by atoms with Crippen LogP contribution >= 0.6 is 0 Å². The summed E-state index contributed by atoms with van der Waals surface area (Å²) in [4.78, 5) is 0.